The van der Waals surface area contributed by atoms with Crippen molar-refractivity contribution < 1.29 is 4.79 Å². The second-order valence-corrected chi connectivity index (χ2v) is 10.9. The van der Waals surface area contributed by atoms with E-state index in [-0.39, 0.29) is 11.8 Å². The summed E-state index contributed by atoms with van der Waals surface area (Å²) in [6.45, 7) is 7.54. The van der Waals surface area contributed by atoms with Crippen molar-refractivity contribution >= 4 is 39.0 Å². The maximum Gasteiger partial charge on any atom is 0.229 e. The summed E-state index contributed by atoms with van der Waals surface area (Å²) in [7, 11) is 0. The number of benzene rings is 2. The van der Waals surface area contributed by atoms with Crippen LogP contribution in [0.4, 0.5) is 11.5 Å². The smallest absolute Gasteiger partial charge is 0.229 e. The Bertz CT molecular complexity index is 1620. The lowest BCUT2D eigenvalue weighted by atomic mass is 9.97. The van der Waals surface area contributed by atoms with Gasteiger partial charge in [-0.05, 0) is 81.6 Å². The Morgan fingerprint density at radius 2 is 1.82 bits per heavy atom. The fourth-order valence-corrected chi connectivity index (χ4v) is 6.05. The van der Waals surface area contributed by atoms with Crippen molar-refractivity contribution in [2.24, 2.45) is 5.92 Å². The van der Waals surface area contributed by atoms with E-state index in [4.69, 9.17) is 4.98 Å². The van der Waals surface area contributed by atoms with Crippen molar-refractivity contribution in [3.63, 3.8) is 0 Å². The zero-order valence-electron chi connectivity index (χ0n) is 21.7. The number of nitrogens with zero attached hydrogens (tertiary/aromatic N) is 6. The van der Waals surface area contributed by atoms with E-state index in [2.05, 4.69) is 50.4 Å². The Morgan fingerprint density at radius 1 is 1.00 bits per heavy atom. The monoisotopic (exact) mass is 523 g/mol. The zero-order chi connectivity index (χ0) is 26.2. The molecule has 1 N–H and O–H groups in total. The number of carbonyl (C=O) groups is 1. The summed E-state index contributed by atoms with van der Waals surface area (Å²) in [6, 6.07) is 18.2. The number of aromatic nitrogens is 5. The normalized spacial score (nSPS) is 15.7. The molecular weight excluding hydrogens is 494 g/mol. The van der Waals surface area contributed by atoms with Crippen molar-refractivity contribution in [2.45, 2.75) is 33.6 Å². The number of piperidine rings is 1. The van der Waals surface area contributed by atoms with Crippen LogP contribution in [0.2, 0.25) is 0 Å². The van der Waals surface area contributed by atoms with Crippen LogP contribution in [0.3, 0.4) is 0 Å². The number of amides is 1. The first-order chi connectivity index (χ1) is 18.4. The minimum absolute atomic E-state index is 0.0331. The number of rotatable bonds is 5. The molecule has 2 aromatic carbocycles. The number of hydrogen-bond donors (Lipinski definition) is 1. The molecule has 0 aliphatic carbocycles. The van der Waals surface area contributed by atoms with E-state index in [1.54, 1.807) is 17.7 Å². The molecule has 0 bridgehead atoms. The second kappa shape index (κ2) is 9.98. The molecule has 6 rings (SSSR count). The molecule has 1 unspecified atom stereocenters. The second-order valence-electron chi connectivity index (χ2n) is 9.92. The molecule has 8 nitrogen and oxygen atoms in total. The fourth-order valence-electron chi connectivity index (χ4n) is 4.98. The third kappa shape index (κ3) is 4.89. The van der Waals surface area contributed by atoms with Crippen LogP contribution in [0.1, 0.15) is 29.8 Å². The van der Waals surface area contributed by atoms with Gasteiger partial charge in [-0.2, -0.15) is 5.10 Å². The highest BCUT2D eigenvalue weighted by molar-refractivity contribution is 7.21. The number of anilines is 2. The fraction of sp³-hybridized carbons (Fsp3) is 0.276. The van der Waals surface area contributed by atoms with Gasteiger partial charge >= 0.3 is 0 Å². The summed E-state index contributed by atoms with van der Waals surface area (Å²) >= 11 is 1.69. The standard InChI is InChI=1S/C29H29N7OS/c1-18-6-11-24-25(13-18)38-29(33-24)21-7-9-23(10-8-21)32-28(37)22-5-4-12-35(16-22)26-15-27(31-17-30-26)36-20(3)14-19(2)34-36/h6-11,13-15,17,22H,4-5,12,16H2,1-3H3,(H,32,37). The third-order valence-corrected chi connectivity index (χ3v) is 7.99. The van der Waals surface area contributed by atoms with Gasteiger partial charge in [0.1, 0.15) is 17.2 Å². The molecule has 1 atom stereocenters. The summed E-state index contributed by atoms with van der Waals surface area (Å²) in [5, 5.41) is 8.63. The molecule has 1 fully saturated rings. The lowest BCUT2D eigenvalue weighted by Crippen LogP contribution is -2.41. The molecular formula is C29H29N7OS. The first-order valence-corrected chi connectivity index (χ1v) is 13.6. The summed E-state index contributed by atoms with van der Waals surface area (Å²) in [6.07, 6.45) is 3.34. The van der Waals surface area contributed by atoms with Crippen molar-refractivity contribution in [3.05, 3.63) is 77.9 Å². The van der Waals surface area contributed by atoms with Crippen LogP contribution < -0.4 is 10.2 Å². The molecule has 0 saturated carbocycles. The van der Waals surface area contributed by atoms with Gasteiger partial charge in [0.25, 0.3) is 0 Å². The summed E-state index contributed by atoms with van der Waals surface area (Å²) < 4.78 is 3.01. The van der Waals surface area contributed by atoms with Gasteiger partial charge in [0.2, 0.25) is 5.91 Å². The molecule has 1 aliphatic rings. The van der Waals surface area contributed by atoms with Gasteiger partial charge in [-0.25, -0.2) is 19.6 Å². The Hall–Kier alpha value is -4.11. The topological polar surface area (TPSA) is 88.8 Å². The first-order valence-electron chi connectivity index (χ1n) is 12.8. The Balaban J connectivity index is 1.13. The molecule has 1 aliphatic heterocycles. The van der Waals surface area contributed by atoms with Gasteiger partial charge in [-0.15, -0.1) is 11.3 Å². The van der Waals surface area contributed by atoms with Gasteiger partial charge in [0, 0.05) is 36.1 Å². The Morgan fingerprint density at radius 3 is 2.61 bits per heavy atom. The summed E-state index contributed by atoms with van der Waals surface area (Å²) in [4.78, 5) is 29.0. The minimum Gasteiger partial charge on any atom is -0.356 e. The molecule has 9 heteroatoms. The predicted molar refractivity (Wildman–Crippen MR) is 152 cm³/mol. The van der Waals surface area contributed by atoms with Crippen molar-refractivity contribution in [1.29, 1.82) is 0 Å². The number of carbonyl (C=O) groups excluding carboxylic acids is 1. The number of thiazole rings is 1. The van der Waals surface area contributed by atoms with E-state index in [0.29, 0.717) is 6.54 Å². The van der Waals surface area contributed by atoms with Crippen molar-refractivity contribution in [2.75, 3.05) is 23.3 Å². The molecule has 1 amide bonds. The van der Waals surface area contributed by atoms with Gasteiger partial charge in [-0.1, -0.05) is 6.07 Å². The van der Waals surface area contributed by atoms with Crippen LogP contribution in [-0.4, -0.2) is 43.7 Å². The SMILES string of the molecule is Cc1ccc2nc(-c3ccc(NC(=O)C4CCCN(c5cc(-n6nc(C)cc6C)ncn5)C4)cc3)sc2c1. The maximum absolute atomic E-state index is 13.2. The average molecular weight is 524 g/mol. The van der Waals surface area contributed by atoms with Crippen LogP contribution in [0.15, 0.2) is 60.9 Å². The van der Waals surface area contributed by atoms with Crippen LogP contribution in [-0.2, 0) is 4.79 Å². The third-order valence-electron chi connectivity index (χ3n) is 6.92. The van der Waals surface area contributed by atoms with Gasteiger partial charge in [-0.3, -0.25) is 4.79 Å². The lowest BCUT2D eigenvalue weighted by molar-refractivity contribution is -0.120. The Kier molecular flexibility index (Phi) is 6.37. The van der Waals surface area contributed by atoms with Crippen molar-refractivity contribution in [1.82, 2.24) is 24.7 Å². The average Bonchev–Trinajstić information content (AvgIpc) is 3.51. The first kappa shape index (κ1) is 24.2. The van der Waals surface area contributed by atoms with Gasteiger partial charge in [0.05, 0.1) is 21.8 Å². The number of hydrogen-bond acceptors (Lipinski definition) is 7. The molecule has 4 heterocycles. The number of nitrogens with one attached hydrogen (secondary N) is 1. The molecule has 0 radical (unpaired) electrons. The Labute approximate surface area is 225 Å². The van der Waals surface area contributed by atoms with Crippen LogP contribution in [0.5, 0.6) is 0 Å². The molecule has 0 spiro atoms. The zero-order valence-corrected chi connectivity index (χ0v) is 22.5. The quantitative estimate of drug-likeness (QED) is 0.317. The van der Waals surface area contributed by atoms with Gasteiger partial charge < -0.3 is 10.2 Å². The highest BCUT2D eigenvalue weighted by atomic mass is 32.1. The van der Waals surface area contributed by atoms with E-state index in [9.17, 15) is 4.79 Å². The molecule has 3 aromatic heterocycles. The summed E-state index contributed by atoms with van der Waals surface area (Å²) in [5.74, 6) is 1.46. The van der Waals surface area contributed by atoms with Crippen molar-refractivity contribution in [3.8, 4) is 16.4 Å². The summed E-state index contributed by atoms with van der Waals surface area (Å²) in [5.41, 5.74) is 6.05. The highest BCUT2D eigenvalue weighted by Crippen LogP contribution is 2.31. The van der Waals surface area contributed by atoms with E-state index < -0.39 is 0 Å². The molecule has 192 valence electrons. The molecule has 1 saturated heterocycles. The lowest BCUT2D eigenvalue weighted by Gasteiger charge is -2.33. The van der Waals surface area contributed by atoms with E-state index in [1.165, 1.54) is 10.3 Å². The maximum atomic E-state index is 13.2. The van der Waals surface area contributed by atoms with E-state index in [1.807, 2.05) is 54.9 Å². The molecule has 5 aromatic rings. The molecule has 38 heavy (non-hydrogen) atoms. The largest absolute Gasteiger partial charge is 0.356 e. The van der Waals surface area contributed by atoms with E-state index in [0.717, 1.165) is 64.2 Å². The van der Waals surface area contributed by atoms with Crippen LogP contribution in [0, 0.1) is 26.7 Å². The minimum atomic E-state index is -0.122. The van der Waals surface area contributed by atoms with Gasteiger partial charge in [0.15, 0.2) is 5.82 Å². The van der Waals surface area contributed by atoms with Crippen LogP contribution in [0.25, 0.3) is 26.6 Å². The number of aryl methyl sites for hydroxylation is 3. The van der Waals surface area contributed by atoms with Crippen LogP contribution >= 0.6 is 11.3 Å². The number of fused-ring (bicyclic) bond motifs is 1. The highest BCUT2D eigenvalue weighted by Gasteiger charge is 2.27. The van der Waals surface area contributed by atoms with E-state index >= 15 is 0 Å². The predicted octanol–water partition coefficient (Wildman–Crippen LogP) is 5.72.